The standard InChI is InChI=1S/C20H34N4O3/c1-4-21-19(24-16-20(8-6-9-20)10-12-25-2)23-15-17-7-5-11-22-18(17)27-14-13-26-3/h5,7,11H,4,6,8-10,12-16H2,1-3H3,(H2,21,23,24). The van der Waals surface area contributed by atoms with E-state index in [0.29, 0.717) is 31.1 Å². The highest BCUT2D eigenvalue weighted by Crippen LogP contribution is 2.43. The summed E-state index contributed by atoms with van der Waals surface area (Å²) in [6.07, 6.45) is 6.63. The summed E-state index contributed by atoms with van der Waals surface area (Å²) < 4.78 is 16.0. The van der Waals surface area contributed by atoms with Gasteiger partial charge in [-0.05, 0) is 37.7 Å². The van der Waals surface area contributed by atoms with Crippen LogP contribution in [0.25, 0.3) is 0 Å². The van der Waals surface area contributed by atoms with Gasteiger partial charge in [0.25, 0.3) is 0 Å². The Hall–Kier alpha value is -1.86. The molecule has 0 bridgehead atoms. The molecule has 2 rings (SSSR count). The lowest BCUT2D eigenvalue weighted by molar-refractivity contribution is 0.0732. The zero-order valence-electron chi connectivity index (χ0n) is 16.9. The van der Waals surface area contributed by atoms with Gasteiger partial charge in [-0.2, -0.15) is 0 Å². The summed E-state index contributed by atoms with van der Waals surface area (Å²) in [6.45, 7) is 6.15. The minimum Gasteiger partial charge on any atom is -0.475 e. The van der Waals surface area contributed by atoms with Gasteiger partial charge in [0.2, 0.25) is 5.88 Å². The summed E-state index contributed by atoms with van der Waals surface area (Å²) in [5, 5.41) is 6.84. The van der Waals surface area contributed by atoms with Crippen molar-refractivity contribution in [3.8, 4) is 5.88 Å². The Labute approximate surface area is 162 Å². The summed E-state index contributed by atoms with van der Waals surface area (Å²) in [5.41, 5.74) is 1.30. The molecule has 1 aromatic heterocycles. The Morgan fingerprint density at radius 3 is 2.67 bits per heavy atom. The van der Waals surface area contributed by atoms with Crippen molar-refractivity contribution in [3.63, 3.8) is 0 Å². The number of rotatable bonds is 12. The minimum atomic E-state index is 0.342. The van der Waals surface area contributed by atoms with Crippen LogP contribution in [0.4, 0.5) is 0 Å². The number of hydrogen-bond donors (Lipinski definition) is 2. The Kier molecular flexibility index (Phi) is 9.35. The van der Waals surface area contributed by atoms with E-state index < -0.39 is 0 Å². The Morgan fingerprint density at radius 1 is 1.19 bits per heavy atom. The molecule has 27 heavy (non-hydrogen) atoms. The first-order valence-corrected chi connectivity index (χ1v) is 9.80. The Bertz CT molecular complexity index is 576. The van der Waals surface area contributed by atoms with Crippen LogP contribution in [0.1, 0.15) is 38.2 Å². The highest BCUT2D eigenvalue weighted by Gasteiger charge is 2.36. The van der Waals surface area contributed by atoms with Crippen molar-refractivity contribution < 1.29 is 14.2 Å². The van der Waals surface area contributed by atoms with Gasteiger partial charge >= 0.3 is 0 Å². The predicted molar refractivity (Wildman–Crippen MR) is 107 cm³/mol. The van der Waals surface area contributed by atoms with Gasteiger partial charge in [0, 0.05) is 45.7 Å². The van der Waals surface area contributed by atoms with Crippen molar-refractivity contribution in [2.45, 2.75) is 39.2 Å². The fourth-order valence-corrected chi connectivity index (χ4v) is 3.18. The second kappa shape index (κ2) is 11.8. The maximum absolute atomic E-state index is 5.69. The van der Waals surface area contributed by atoms with Crippen molar-refractivity contribution in [1.82, 2.24) is 15.6 Å². The maximum atomic E-state index is 5.69. The van der Waals surface area contributed by atoms with Crippen molar-refractivity contribution in [1.29, 1.82) is 0 Å². The molecular weight excluding hydrogens is 344 g/mol. The Balaban J connectivity index is 1.95. The maximum Gasteiger partial charge on any atom is 0.218 e. The highest BCUT2D eigenvalue weighted by atomic mass is 16.5. The summed E-state index contributed by atoms with van der Waals surface area (Å²) in [5.74, 6) is 1.44. The van der Waals surface area contributed by atoms with Crippen LogP contribution in [0.3, 0.4) is 0 Å². The van der Waals surface area contributed by atoms with E-state index in [0.717, 1.165) is 37.6 Å². The fraction of sp³-hybridized carbons (Fsp3) is 0.700. The van der Waals surface area contributed by atoms with Gasteiger partial charge in [0.15, 0.2) is 5.96 Å². The molecule has 1 aliphatic rings. The molecule has 0 spiro atoms. The first-order chi connectivity index (χ1) is 13.2. The lowest BCUT2D eigenvalue weighted by Crippen LogP contribution is -2.47. The van der Waals surface area contributed by atoms with Crippen LogP contribution in [-0.2, 0) is 16.0 Å². The van der Waals surface area contributed by atoms with Gasteiger partial charge in [-0.25, -0.2) is 9.98 Å². The molecule has 0 aromatic carbocycles. The monoisotopic (exact) mass is 378 g/mol. The number of methoxy groups -OCH3 is 2. The van der Waals surface area contributed by atoms with Gasteiger partial charge in [0.1, 0.15) is 6.61 Å². The fourth-order valence-electron chi connectivity index (χ4n) is 3.18. The average Bonchev–Trinajstić information content (AvgIpc) is 2.66. The summed E-state index contributed by atoms with van der Waals surface area (Å²) >= 11 is 0. The predicted octanol–water partition coefficient (Wildman–Crippen LogP) is 2.37. The van der Waals surface area contributed by atoms with E-state index in [-0.39, 0.29) is 0 Å². The van der Waals surface area contributed by atoms with Crippen molar-refractivity contribution in [2.75, 3.05) is 47.1 Å². The van der Waals surface area contributed by atoms with E-state index in [1.807, 2.05) is 12.1 Å². The molecule has 2 N–H and O–H groups in total. The zero-order valence-corrected chi connectivity index (χ0v) is 16.9. The molecule has 7 nitrogen and oxygen atoms in total. The molecule has 1 heterocycles. The molecule has 1 fully saturated rings. The van der Waals surface area contributed by atoms with Crippen LogP contribution < -0.4 is 15.4 Å². The van der Waals surface area contributed by atoms with E-state index in [1.165, 1.54) is 19.3 Å². The minimum absolute atomic E-state index is 0.342. The number of aliphatic imine (C=N–C) groups is 1. The Morgan fingerprint density at radius 2 is 2.00 bits per heavy atom. The van der Waals surface area contributed by atoms with Crippen molar-refractivity contribution in [2.24, 2.45) is 10.4 Å². The smallest absolute Gasteiger partial charge is 0.218 e. The summed E-state index contributed by atoms with van der Waals surface area (Å²) in [7, 11) is 3.42. The van der Waals surface area contributed by atoms with E-state index >= 15 is 0 Å². The second-order valence-corrected chi connectivity index (χ2v) is 6.95. The van der Waals surface area contributed by atoms with E-state index in [4.69, 9.17) is 19.2 Å². The van der Waals surface area contributed by atoms with Crippen molar-refractivity contribution in [3.05, 3.63) is 23.9 Å². The number of aromatic nitrogens is 1. The number of nitrogens with zero attached hydrogens (tertiary/aromatic N) is 2. The second-order valence-electron chi connectivity index (χ2n) is 6.95. The molecule has 0 aliphatic heterocycles. The molecule has 1 aliphatic carbocycles. The van der Waals surface area contributed by atoms with Gasteiger partial charge in [-0.15, -0.1) is 0 Å². The lowest BCUT2D eigenvalue weighted by Gasteiger charge is -2.42. The normalized spacial score (nSPS) is 15.9. The molecule has 0 atom stereocenters. The number of nitrogens with one attached hydrogen (secondary N) is 2. The van der Waals surface area contributed by atoms with E-state index in [1.54, 1.807) is 20.4 Å². The zero-order chi connectivity index (χ0) is 19.4. The van der Waals surface area contributed by atoms with Crippen LogP contribution in [0.5, 0.6) is 5.88 Å². The molecule has 1 saturated carbocycles. The average molecular weight is 379 g/mol. The van der Waals surface area contributed by atoms with Gasteiger partial charge in [-0.3, -0.25) is 0 Å². The summed E-state index contributed by atoms with van der Waals surface area (Å²) in [4.78, 5) is 9.04. The van der Waals surface area contributed by atoms with Crippen LogP contribution in [-0.4, -0.2) is 58.1 Å². The van der Waals surface area contributed by atoms with Crippen LogP contribution in [0.2, 0.25) is 0 Å². The third kappa shape index (κ3) is 6.99. The first kappa shape index (κ1) is 21.4. The molecule has 0 radical (unpaired) electrons. The van der Waals surface area contributed by atoms with Crippen LogP contribution in [0.15, 0.2) is 23.3 Å². The molecule has 0 amide bonds. The number of hydrogen-bond acceptors (Lipinski definition) is 5. The number of pyridine rings is 1. The first-order valence-electron chi connectivity index (χ1n) is 9.80. The highest BCUT2D eigenvalue weighted by molar-refractivity contribution is 5.79. The number of guanidine groups is 1. The lowest BCUT2D eigenvalue weighted by atomic mass is 9.67. The molecular formula is C20H34N4O3. The van der Waals surface area contributed by atoms with Crippen LogP contribution >= 0.6 is 0 Å². The van der Waals surface area contributed by atoms with Gasteiger partial charge in [0.05, 0.1) is 13.2 Å². The largest absolute Gasteiger partial charge is 0.475 e. The van der Waals surface area contributed by atoms with Gasteiger partial charge in [-0.1, -0.05) is 12.5 Å². The van der Waals surface area contributed by atoms with E-state index in [2.05, 4.69) is 22.5 Å². The molecule has 1 aromatic rings. The van der Waals surface area contributed by atoms with Crippen LogP contribution in [0, 0.1) is 5.41 Å². The molecule has 0 saturated heterocycles. The third-order valence-electron chi connectivity index (χ3n) is 5.01. The molecule has 7 heteroatoms. The topological polar surface area (TPSA) is 77.0 Å². The van der Waals surface area contributed by atoms with E-state index in [9.17, 15) is 0 Å². The SMILES string of the molecule is CCNC(=NCc1cccnc1OCCOC)NCC1(CCOC)CCC1. The summed E-state index contributed by atoms with van der Waals surface area (Å²) in [6, 6.07) is 3.90. The third-order valence-corrected chi connectivity index (χ3v) is 5.01. The molecule has 152 valence electrons. The quantitative estimate of drug-likeness (QED) is 0.330. The molecule has 0 unspecified atom stereocenters. The van der Waals surface area contributed by atoms with Gasteiger partial charge < -0.3 is 24.8 Å². The number of ether oxygens (including phenoxy) is 3. The van der Waals surface area contributed by atoms with Crippen molar-refractivity contribution >= 4 is 5.96 Å².